The monoisotopic (exact) mass is 310 g/mol. The lowest BCUT2D eigenvalue weighted by molar-refractivity contribution is 0.0660. The number of primary sulfonamides is 1. The van der Waals surface area contributed by atoms with Crippen LogP contribution >= 0.6 is 0 Å². The quantitative estimate of drug-likeness (QED) is 0.729. The molecule has 0 aliphatic heterocycles. The molecule has 21 heavy (non-hydrogen) atoms. The predicted octanol–water partition coefficient (Wildman–Crippen LogP) is 0.915. The lowest BCUT2D eigenvalue weighted by Crippen LogP contribution is -2.14. The molecule has 7 nitrogen and oxygen atoms in total. The number of hydrogen-bond donors (Lipinski definition) is 3. The summed E-state index contributed by atoms with van der Waals surface area (Å²) in [6.07, 6.45) is 0. The molecule has 1 aromatic carbocycles. The summed E-state index contributed by atoms with van der Waals surface area (Å²) in [4.78, 5) is 10.7. The first kappa shape index (κ1) is 15.2. The van der Waals surface area contributed by atoms with Gasteiger partial charge in [0.1, 0.15) is 5.76 Å². The SMILES string of the molecule is NS(=O)(=O)c1ccc(CNCc2ccc(C(=O)O)o2)cc1. The topological polar surface area (TPSA) is 123 Å². The second-order valence-corrected chi connectivity index (χ2v) is 5.93. The van der Waals surface area contributed by atoms with E-state index in [0.717, 1.165) is 5.56 Å². The van der Waals surface area contributed by atoms with Crippen LogP contribution in [0.4, 0.5) is 0 Å². The molecule has 1 heterocycles. The first-order valence-corrected chi connectivity index (χ1v) is 7.55. The van der Waals surface area contributed by atoms with Crippen molar-refractivity contribution < 1.29 is 22.7 Å². The van der Waals surface area contributed by atoms with Gasteiger partial charge in [-0.2, -0.15) is 0 Å². The van der Waals surface area contributed by atoms with Gasteiger partial charge in [0.15, 0.2) is 0 Å². The van der Waals surface area contributed by atoms with Gasteiger partial charge in [-0.25, -0.2) is 18.4 Å². The molecule has 0 fully saturated rings. The third kappa shape index (κ3) is 4.15. The number of hydrogen-bond acceptors (Lipinski definition) is 5. The summed E-state index contributed by atoms with van der Waals surface area (Å²) >= 11 is 0. The van der Waals surface area contributed by atoms with E-state index in [9.17, 15) is 13.2 Å². The third-order valence-electron chi connectivity index (χ3n) is 2.75. The van der Waals surface area contributed by atoms with E-state index in [-0.39, 0.29) is 10.7 Å². The first-order valence-electron chi connectivity index (χ1n) is 6.01. The molecule has 0 amide bonds. The van der Waals surface area contributed by atoms with Crippen LogP contribution in [0.15, 0.2) is 45.7 Å². The Balaban J connectivity index is 1.89. The van der Waals surface area contributed by atoms with E-state index in [1.165, 1.54) is 18.2 Å². The van der Waals surface area contributed by atoms with E-state index >= 15 is 0 Å². The maximum atomic E-state index is 11.1. The smallest absolute Gasteiger partial charge is 0.371 e. The summed E-state index contributed by atoms with van der Waals surface area (Å²) in [5.74, 6) is -0.710. The highest BCUT2D eigenvalue weighted by molar-refractivity contribution is 7.89. The van der Waals surface area contributed by atoms with Crippen LogP contribution in [-0.2, 0) is 23.1 Å². The average Bonchev–Trinajstić information content (AvgIpc) is 2.87. The minimum absolute atomic E-state index is 0.0587. The first-order chi connectivity index (χ1) is 9.86. The molecule has 2 aromatic rings. The van der Waals surface area contributed by atoms with Gasteiger partial charge >= 0.3 is 5.97 Å². The maximum absolute atomic E-state index is 11.1. The van der Waals surface area contributed by atoms with E-state index in [4.69, 9.17) is 14.7 Å². The van der Waals surface area contributed by atoms with Crippen molar-refractivity contribution in [3.05, 3.63) is 53.5 Å². The van der Waals surface area contributed by atoms with E-state index in [1.807, 2.05) is 0 Å². The summed E-state index contributed by atoms with van der Waals surface area (Å²) in [5.41, 5.74) is 0.868. The van der Waals surface area contributed by atoms with Gasteiger partial charge in [0.25, 0.3) is 0 Å². The molecule has 0 saturated carbocycles. The Morgan fingerprint density at radius 3 is 2.33 bits per heavy atom. The van der Waals surface area contributed by atoms with Crippen molar-refractivity contribution >= 4 is 16.0 Å². The lowest BCUT2D eigenvalue weighted by Gasteiger charge is -2.04. The molecule has 0 atom stereocenters. The molecule has 0 saturated heterocycles. The Morgan fingerprint density at radius 1 is 1.14 bits per heavy atom. The summed E-state index contributed by atoms with van der Waals surface area (Å²) in [6.45, 7) is 0.845. The standard InChI is InChI=1S/C13H14N2O5S/c14-21(18,19)11-4-1-9(2-5-11)7-15-8-10-3-6-12(20-10)13(16)17/h1-6,15H,7-8H2,(H,16,17)(H2,14,18,19). The highest BCUT2D eigenvalue weighted by Crippen LogP contribution is 2.10. The van der Waals surface area contributed by atoms with Crippen LogP contribution in [0.5, 0.6) is 0 Å². The van der Waals surface area contributed by atoms with Gasteiger partial charge in [-0.1, -0.05) is 12.1 Å². The van der Waals surface area contributed by atoms with E-state index in [1.54, 1.807) is 18.2 Å². The van der Waals surface area contributed by atoms with Crippen LogP contribution in [-0.4, -0.2) is 19.5 Å². The van der Waals surface area contributed by atoms with Gasteiger partial charge in [-0.15, -0.1) is 0 Å². The van der Waals surface area contributed by atoms with Crippen molar-refractivity contribution in [1.29, 1.82) is 0 Å². The van der Waals surface area contributed by atoms with Crippen LogP contribution in [0.3, 0.4) is 0 Å². The maximum Gasteiger partial charge on any atom is 0.371 e. The van der Waals surface area contributed by atoms with Crippen molar-refractivity contribution in [3.63, 3.8) is 0 Å². The van der Waals surface area contributed by atoms with Crippen molar-refractivity contribution in [2.45, 2.75) is 18.0 Å². The number of nitrogens with two attached hydrogens (primary N) is 1. The van der Waals surface area contributed by atoms with Crippen LogP contribution in [0, 0.1) is 0 Å². The fraction of sp³-hybridized carbons (Fsp3) is 0.154. The molecule has 1 aromatic heterocycles. The highest BCUT2D eigenvalue weighted by Gasteiger charge is 2.09. The Kier molecular flexibility index (Phi) is 4.41. The number of benzene rings is 1. The fourth-order valence-electron chi connectivity index (χ4n) is 1.71. The molecule has 0 spiro atoms. The molecular formula is C13H14N2O5S. The number of carbonyl (C=O) groups is 1. The minimum Gasteiger partial charge on any atom is -0.475 e. The molecule has 2 rings (SSSR count). The van der Waals surface area contributed by atoms with Gasteiger partial charge in [0.05, 0.1) is 11.4 Å². The van der Waals surface area contributed by atoms with Gasteiger partial charge in [-0.05, 0) is 29.8 Å². The third-order valence-corrected chi connectivity index (χ3v) is 3.68. The molecule has 4 N–H and O–H groups in total. The van der Waals surface area contributed by atoms with Crippen LogP contribution in [0.1, 0.15) is 21.9 Å². The lowest BCUT2D eigenvalue weighted by atomic mass is 10.2. The molecule has 0 bridgehead atoms. The molecule has 8 heteroatoms. The Bertz CT molecular complexity index is 734. The fourth-order valence-corrected chi connectivity index (χ4v) is 2.23. The Labute approximate surface area is 121 Å². The zero-order chi connectivity index (χ0) is 15.5. The van der Waals surface area contributed by atoms with Gasteiger partial charge in [0, 0.05) is 6.54 Å². The van der Waals surface area contributed by atoms with Gasteiger partial charge in [0.2, 0.25) is 15.8 Å². The summed E-state index contributed by atoms with van der Waals surface area (Å²) in [5, 5.41) is 16.8. The molecule has 0 aliphatic carbocycles. The summed E-state index contributed by atoms with van der Waals surface area (Å²) in [6, 6.07) is 9.14. The zero-order valence-corrected chi connectivity index (χ0v) is 11.8. The van der Waals surface area contributed by atoms with Crippen LogP contribution in [0.25, 0.3) is 0 Å². The van der Waals surface area contributed by atoms with Crippen molar-refractivity contribution in [1.82, 2.24) is 5.32 Å². The molecule has 0 radical (unpaired) electrons. The average molecular weight is 310 g/mol. The Morgan fingerprint density at radius 2 is 1.81 bits per heavy atom. The Hall–Kier alpha value is -2.16. The van der Waals surface area contributed by atoms with Crippen LogP contribution < -0.4 is 10.5 Å². The highest BCUT2D eigenvalue weighted by atomic mass is 32.2. The van der Waals surface area contributed by atoms with Gasteiger partial charge < -0.3 is 14.8 Å². The predicted molar refractivity (Wildman–Crippen MR) is 74.0 cm³/mol. The van der Waals surface area contributed by atoms with Crippen molar-refractivity contribution in [2.24, 2.45) is 5.14 Å². The van der Waals surface area contributed by atoms with Crippen molar-refractivity contribution in [3.8, 4) is 0 Å². The number of carboxylic acid groups (broad SMARTS) is 1. The zero-order valence-electron chi connectivity index (χ0n) is 10.9. The number of nitrogens with one attached hydrogen (secondary N) is 1. The second kappa shape index (κ2) is 6.08. The van der Waals surface area contributed by atoms with Gasteiger partial charge in [-0.3, -0.25) is 0 Å². The number of furan rings is 1. The number of aromatic carboxylic acids is 1. The normalized spacial score (nSPS) is 11.5. The van der Waals surface area contributed by atoms with E-state index in [0.29, 0.717) is 18.8 Å². The molecule has 112 valence electrons. The molecule has 0 aliphatic rings. The largest absolute Gasteiger partial charge is 0.475 e. The van der Waals surface area contributed by atoms with E-state index in [2.05, 4.69) is 5.32 Å². The number of rotatable bonds is 6. The summed E-state index contributed by atoms with van der Waals surface area (Å²) < 4.78 is 27.3. The molecular weight excluding hydrogens is 296 g/mol. The number of sulfonamides is 1. The van der Waals surface area contributed by atoms with Crippen LogP contribution in [0.2, 0.25) is 0 Å². The number of carboxylic acids is 1. The second-order valence-electron chi connectivity index (χ2n) is 4.36. The minimum atomic E-state index is -3.68. The van der Waals surface area contributed by atoms with E-state index < -0.39 is 16.0 Å². The van der Waals surface area contributed by atoms with Crippen molar-refractivity contribution in [2.75, 3.05) is 0 Å². The molecule has 0 unspecified atom stereocenters. The summed E-state index contributed by atoms with van der Waals surface area (Å²) in [7, 11) is -3.68.